The van der Waals surface area contributed by atoms with Crippen LogP contribution in [0.15, 0.2) is 54.7 Å². The maximum absolute atomic E-state index is 13.3. The number of carbonyl (C=O) groups excluding carboxylic acids is 2. The Morgan fingerprint density at radius 2 is 1.98 bits per heavy atom. The van der Waals surface area contributed by atoms with E-state index in [-0.39, 0.29) is 18.3 Å². The molecular formula is C36H44N4O5. The molecule has 0 aliphatic carbocycles. The topological polar surface area (TPSA) is 115 Å². The molecule has 1 aliphatic rings. The zero-order valence-corrected chi connectivity index (χ0v) is 26.7. The van der Waals surface area contributed by atoms with E-state index in [1.54, 1.807) is 13.3 Å². The van der Waals surface area contributed by atoms with E-state index >= 15 is 0 Å². The molecule has 0 saturated carbocycles. The van der Waals surface area contributed by atoms with Crippen molar-refractivity contribution < 1.29 is 24.2 Å². The fraction of sp³-hybridized carbons (Fsp3) is 0.417. The summed E-state index contributed by atoms with van der Waals surface area (Å²) in [4.78, 5) is 28.9. The van der Waals surface area contributed by atoms with E-state index in [0.29, 0.717) is 25.9 Å². The van der Waals surface area contributed by atoms with Crippen LogP contribution in [0.2, 0.25) is 0 Å². The lowest BCUT2D eigenvalue weighted by Crippen LogP contribution is -2.46. The fourth-order valence-corrected chi connectivity index (χ4v) is 6.44. The number of rotatable bonds is 7. The van der Waals surface area contributed by atoms with Crippen LogP contribution in [-0.2, 0) is 45.1 Å². The molecule has 1 aliphatic heterocycles. The lowest BCUT2D eigenvalue weighted by Gasteiger charge is -2.27. The number of hydrogen-bond acceptors (Lipinski definition) is 7. The minimum atomic E-state index is -0.649. The molecular weight excluding hydrogens is 568 g/mol. The monoisotopic (exact) mass is 612 g/mol. The highest BCUT2D eigenvalue weighted by Gasteiger charge is 2.30. The van der Waals surface area contributed by atoms with Crippen molar-refractivity contribution in [1.29, 1.82) is 0 Å². The number of nitrogens with zero attached hydrogens (tertiary/aromatic N) is 2. The first-order chi connectivity index (χ1) is 21.7. The number of aromatic nitrogens is 2. The van der Waals surface area contributed by atoms with Gasteiger partial charge in [-0.2, -0.15) is 0 Å². The molecule has 9 nitrogen and oxygen atoms in total. The molecule has 2 aromatic heterocycles. The molecule has 3 heterocycles. The van der Waals surface area contributed by atoms with Crippen LogP contribution >= 0.6 is 0 Å². The number of carbonyl (C=O) groups is 2. The zero-order chi connectivity index (χ0) is 32.0. The third-order valence-electron chi connectivity index (χ3n) is 8.54. The summed E-state index contributed by atoms with van der Waals surface area (Å²) in [5, 5.41) is 11.8. The van der Waals surface area contributed by atoms with E-state index in [1.807, 2.05) is 18.2 Å². The number of cyclic esters (lactones) is 1. The van der Waals surface area contributed by atoms with Crippen molar-refractivity contribution in [2.45, 2.75) is 78.5 Å². The minimum Gasteiger partial charge on any atom is -0.508 e. The van der Waals surface area contributed by atoms with Crippen LogP contribution in [0.5, 0.6) is 5.75 Å². The number of benzene rings is 2. The molecule has 0 spiro atoms. The number of amides is 1. The number of pyridine rings is 1. The predicted octanol–water partition coefficient (Wildman–Crippen LogP) is 6.09. The van der Waals surface area contributed by atoms with Gasteiger partial charge in [0.05, 0.1) is 24.6 Å². The second-order valence-electron chi connectivity index (χ2n) is 12.6. The molecule has 4 bridgehead atoms. The first-order valence-corrected chi connectivity index (χ1v) is 15.8. The second-order valence-corrected chi connectivity index (χ2v) is 12.6. The summed E-state index contributed by atoms with van der Waals surface area (Å²) in [6.45, 7) is 7.68. The van der Waals surface area contributed by atoms with Gasteiger partial charge < -0.3 is 19.1 Å². The Kier molecular flexibility index (Phi) is 10.2. The number of aryl methyl sites for hydroxylation is 2. The number of ether oxygens (including phenoxy) is 2. The number of phenolic OH excluding ortho intramolecular Hbond substituents is 1. The SMILES string of the molecule is CCn1c(-c2cccnc2COC)c2c3cc(ccc31)-c1cc(O)cc(c1)CCCCC[C@H](NNC=O)C(=O)OCC(C)(C)C2. The first-order valence-electron chi connectivity index (χ1n) is 15.8. The molecule has 45 heavy (non-hydrogen) atoms. The number of fused-ring (bicyclic) bond motifs is 4. The van der Waals surface area contributed by atoms with Gasteiger partial charge in [-0.25, -0.2) is 5.43 Å². The molecule has 0 fully saturated rings. The zero-order valence-electron chi connectivity index (χ0n) is 26.7. The Bertz CT molecular complexity index is 1660. The number of aromatic hydroxyl groups is 1. The maximum atomic E-state index is 13.3. The maximum Gasteiger partial charge on any atom is 0.324 e. The van der Waals surface area contributed by atoms with Crippen LogP contribution in [0.1, 0.15) is 63.3 Å². The summed E-state index contributed by atoms with van der Waals surface area (Å²) in [7, 11) is 1.67. The van der Waals surface area contributed by atoms with Crippen molar-refractivity contribution in [3.8, 4) is 28.1 Å². The highest BCUT2D eigenvalue weighted by atomic mass is 16.5. The van der Waals surface area contributed by atoms with Gasteiger partial charge in [-0.05, 0) is 91.3 Å². The van der Waals surface area contributed by atoms with E-state index in [9.17, 15) is 14.7 Å². The van der Waals surface area contributed by atoms with Gasteiger partial charge in [-0.3, -0.25) is 20.0 Å². The molecule has 0 saturated heterocycles. The predicted molar refractivity (Wildman–Crippen MR) is 175 cm³/mol. The van der Waals surface area contributed by atoms with Crippen LogP contribution in [0, 0.1) is 5.41 Å². The van der Waals surface area contributed by atoms with E-state index in [0.717, 1.165) is 82.3 Å². The lowest BCUT2D eigenvalue weighted by atomic mass is 9.84. The van der Waals surface area contributed by atoms with E-state index < -0.39 is 11.5 Å². The Morgan fingerprint density at radius 3 is 2.76 bits per heavy atom. The van der Waals surface area contributed by atoms with Crippen molar-refractivity contribution in [1.82, 2.24) is 20.4 Å². The van der Waals surface area contributed by atoms with Crippen LogP contribution in [0.4, 0.5) is 0 Å². The minimum absolute atomic E-state index is 0.205. The van der Waals surface area contributed by atoms with Gasteiger partial charge in [0, 0.05) is 41.7 Å². The Morgan fingerprint density at radius 1 is 1.13 bits per heavy atom. The molecule has 9 heteroatoms. The molecule has 238 valence electrons. The van der Waals surface area contributed by atoms with Gasteiger partial charge in [-0.1, -0.05) is 38.8 Å². The van der Waals surface area contributed by atoms with E-state index in [1.165, 1.54) is 0 Å². The highest BCUT2D eigenvalue weighted by molar-refractivity contribution is 5.95. The number of esters is 1. The number of methoxy groups -OCH3 is 1. The summed E-state index contributed by atoms with van der Waals surface area (Å²) in [5.41, 5.74) is 13.1. The highest BCUT2D eigenvalue weighted by Crippen LogP contribution is 2.41. The number of hydrogen-bond donors (Lipinski definition) is 3. The van der Waals surface area contributed by atoms with Gasteiger partial charge in [0.25, 0.3) is 0 Å². The van der Waals surface area contributed by atoms with Gasteiger partial charge in [-0.15, -0.1) is 0 Å². The molecule has 0 unspecified atom stereocenters. The third kappa shape index (κ3) is 7.37. The smallest absolute Gasteiger partial charge is 0.324 e. The molecule has 0 radical (unpaired) electrons. The fourth-order valence-electron chi connectivity index (χ4n) is 6.44. The third-order valence-corrected chi connectivity index (χ3v) is 8.54. The molecule has 3 N–H and O–H groups in total. The van der Waals surface area contributed by atoms with Crippen molar-refractivity contribution in [3.05, 3.63) is 71.5 Å². The molecule has 5 rings (SSSR count). The molecule has 2 aromatic carbocycles. The van der Waals surface area contributed by atoms with Gasteiger partial charge in [0.15, 0.2) is 0 Å². The number of phenols is 1. The second kappa shape index (κ2) is 14.3. The first kappa shape index (κ1) is 32.2. The molecule has 1 amide bonds. The Labute approximate surface area is 264 Å². The summed E-state index contributed by atoms with van der Waals surface area (Å²) in [5.74, 6) is -0.138. The van der Waals surface area contributed by atoms with E-state index in [4.69, 9.17) is 9.47 Å². The van der Waals surface area contributed by atoms with Gasteiger partial charge >= 0.3 is 5.97 Å². The Hall–Kier alpha value is -4.21. The van der Waals surface area contributed by atoms with E-state index in [2.05, 4.69) is 71.5 Å². The van der Waals surface area contributed by atoms with Crippen molar-refractivity contribution in [2.24, 2.45) is 5.41 Å². The van der Waals surface area contributed by atoms with Crippen LogP contribution in [0.3, 0.4) is 0 Å². The van der Waals surface area contributed by atoms with Crippen molar-refractivity contribution in [3.63, 3.8) is 0 Å². The summed E-state index contributed by atoms with van der Waals surface area (Å²) < 4.78 is 13.8. The quantitative estimate of drug-likeness (QED) is 0.131. The summed E-state index contributed by atoms with van der Waals surface area (Å²) >= 11 is 0. The largest absolute Gasteiger partial charge is 0.508 e. The summed E-state index contributed by atoms with van der Waals surface area (Å²) in [6.07, 6.45) is 6.85. The van der Waals surface area contributed by atoms with Crippen molar-refractivity contribution >= 4 is 23.3 Å². The normalized spacial score (nSPS) is 17.4. The Balaban J connectivity index is 1.69. The lowest BCUT2D eigenvalue weighted by molar-refractivity contribution is -0.149. The number of nitrogens with one attached hydrogen (secondary N) is 2. The summed E-state index contributed by atoms with van der Waals surface area (Å²) in [6, 6.07) is 15.7. The van der Waals surface area contributed by atoms with Crippen molar-refractivity contribution in [2.75, 3.05) is 13.7 Å². The van der Waals surface area contributed by atoms with Crippen LogP contribution < -0.4 is 10.9 Å². The van der Waals surface area contributed by atoms with Crippen LogP contribution in [0.25, 0.3) is 33.3 Å². The standard InChI is InChI=1S/C36H44N4O5/c1-5-40-33-14-13-25-19-29(33)30(34(40)28-11-9-15-37-32(28)21-44-4)20-36(2,3)22-45-35(43)31(39-38-23-41)12-8-6-7-10-24-16-26(25)18-27(42)17-24/h9,11,13-19,23,31,39,42H,5-8,10,12,20-22H2,1-4H3,(H,38,41)/t31-/m0/s1. The molecule has 1 atom stereocenters. The number of hydrazine groups is 1. The average molecular weight is 613 g/mol. The molecule has 4 aromatic rings. The average Bonchev–Trinajstić information content (AvgIpc) is 3.32. The van der Waals surface area contributed by atoms with Crippen LogP contribution in [-0.4, -0.2) is 46.8 Å². The van der Waals surface area contributed by atoms with Gasteiger partial charge in [0.2, 0.25) is 6.41 Å². The van der Waals surface area contributed by atoms with Gasteiger partial charge in [0.1, 0.15) is 11.8 Å².